The minimum atomic E-state index is 0.170. The Morgan fingerprint density at radius 1 is 1.20 bits per heavy atom. The third-order valence-electron chi connectivity index (χ3n) is 3.27. The highest BCUT2D eigenvalue weighted by Crippen LogP contribution is 2.35. The van der Waals surface area contributed by atoms with Gasteiger partial charge < -0.3 is 5.11 Å². The molecule has 1 aliphatic rings. The fourth-order valence-electron chi connectivity index (χ4n) is 2.55. The van der Waals surface area contributed by atoms with E-state index in [1.54, 1.807) is 0 Å². The van der Waals surface area contributed by atoms with Crippen LogP contribution in [0.25, 0.3) is 11.0 Å². The second-order valence-corrected chi connectivity index (χ2v) is 4.21. The fraction of sp³-hybridized carbons (Fsp3) is 0.417. The quantitative estimate of drug-likeness (QED) is 0.772. The van der Waals surface area contributed by atoms with Crippen LogP contribution < -0.4 is 0 Å². The zero-order chi connectivity index (χ0) is 10.3. The molecular formula is C12H14N2O. The Labute approximate surface area is 88.4 Å². The summed E-state index contributed by atoms with van der Waals surface area (Å²) in [6, 6.07) is 8.53. The molecule has 3 nitrogen and oxygen atoms in total. The van der Waals surface area contributed by atoms with Gasteiger partial charge in [0.05, 0.1) is 11.0 Å². The summed E-state index contributed by atoms with van der Waals surface area (Å²) >= 11 is 0. The Hall–Kier alpha value is -1.51. The molecule has 0 aliphatic heterocycles. The van der Waals surface area contributed by atoms with Crippen LogP contribution in [0, 0.1) is 0 Å². The Morgan fingerprint density at radius 3 is 2.73 bits per heavy atom. The largest absolute Gasteiger partial charge is 0.480 e. The van der Waals surface area contributed by atoms with Gasteiger partial charge in [0.25, 0.3) is 6.01 Å². The van der Waals surface area contributed by atoms with Crippen molar-refractivity contribution in [3.05, 3.63) is 24.3 Å². The van der Waals surface area contributed by atoms with E-state index in [4.69, 9.17) is 0 Å². The van der Waals surface area contributed by atoms with E-state index in [0.717, 1.165) is 23.9 Å². The number of aromatic nitrogens is 2. The molecule has 1 aliphatic carbocycles. The molecule has 0 radical (unpaired) electrons. The van der Waals surface area contributed by atoms with Gasteiger partial charge in [-0.15, -0.1) is 0 Å². The SMILES string of the molecule is Oc1nc2ccccc2n1C1CCCC1. The van der Waals surface area contributed by atoms with Crippen LogP contribution in [0.3, 0.4) is 0 Å². The van der Waals surface area contributed by atoms with Gasteiger partial charge in [-0.2, -0.15) is 4.98 Å². The van der Waals surface area contributed by atoms with Crippen molar-refractivity contribution in [2.75, 3.05) is 0 Å². The highest BCUT2D eigenvalue weighted by atomic mass is 16.3. The molecule has 0 saturated heterocycles. The Balaban J connectivity index is 2.19. The third kappa shape index (κ3) is 1.30. The van der Waals surface area contributed by atoms with Crippen molar-refractivity contribution in [2.24, 2.45) is 0 Å². The summed E-state index contributed by atoms with van der Waals surface area (Å²) in [4.78, 5) is 4.18. The van der Waals surface area contributed by atoms with Crippen LogP contribution in [-0.2, 0) is 0 Å². The Bertz CT molecular complexity index is 483. The smallest absolute Gasteiger partial charge is 0.295 e. The van der Waals surface area contributed by atoms with Crippen LogP contribution in [0.2, 0.25) is 0 Å². The summed E-state index contributed by atoms with van der Waals surface area (Å²) in [5, 5.41) is 9.85. The maximum absolute atomic E-state index is 9.85. The normalized spacial score (nSPS) is 17.6. The van der Waals surface area contributed by atoms with E-state index >= 15 is 0 Å². The number of hydrogen-bond acceptors (Lipinski definition) is 2. The standard InChI is InChI=1S/C12H14N2O/c15-12-13-10-7-3-4-8-11(10)14(12)9-5-1-2-6-9/h3-4,7-9H,1-2,5-6H2,(H,13,15). The van der Waals surface area contributed by atoms with E-state index in [-0.39, 0.29) is 6.01 Å². The average Bonchev–Trinajstić information content (AvgIpc) is 2.82. The lowest BCUT2D eigenvalue weighted by Gasteiger charge is -2.12. The van der Waals surface area contributed by atoms with Crippen molar-refractivity contribution in [3.8, 4) is 6.01 Å². The first-order chi connectivity index (χ1) is 7.36. The van der Waals surface area contributed by atoms with Crippen molar-refractivity contribution < 1.29 is 5.11 Å². The van der Waals surface area contributed by atoms with E-state index < -0.39 is 0 Å². The minimum absolute atomic E-state index is 0.170. The highest BCUT2D eigenvalue weighted by molar-refractivity contribution is 5.76. The summed E-state index contributed by atoms with van der Waals surface area (Å²) in [6.45, 7) is 0. The molecule has 1 saturated carbocycles. The zero-order valence-electron chi connectivity index (χ0n) is 8.56. The number of imidazole rings is 1. The number of aromatic hydroxyl groups is 1. The average molecular weight is 202 g/mol. The number of para-hydroxylation sites is 2. The monoisotopic (exact) mass is 202 g/mol. The van der Waals surface area contributed by atoms with Gasteiger partial charge in [-0.25, -0.2) is 0 Å². The first-order valence-electron chi connectivity index (χ1n) is 5.52. The van der Waals surface area contributed by atoms with Crippen molar-refractivity contribution in [3.63, 3.8) is 0 Å². The predicted molar refractivity (Wildman–Crippen MR) is 58.9 cm³/mol. The molecule has 1 fully saturated rings. The number of hydrogen-bond donors (Lipinski definition) is 1. The Kier molecular flexibility index (Phi) is 1.91. The molecule has 0 spiro atoms. The number of fused-ring (bicyclic) bond motifs is 1. The van der Waals surface area contributed by atoms with Crippen LogP contribution >= 0.6 is 0 Å². The Morgan fingerprint density at radius 2 is 1.93 bits per heavy atom. The first-order valence-corrected chi connectivity index (χ1v) is 5.52. The van der Waals surface area contributed by atoms with Crippen molar-refractivity contribution in [2.45, 2.75) is 31.7 Å². The molecule has 78 valence electrons. The van der Waals surface area contributed by atoms with Crippen LogP contribution in [0.5, 0.6) is 6.01 Å². The number of nitrogens with zero attached hydrogens (tertiary/aromatic N) is 2. The maximum atomic E-state index is 9.85. The topological polar surface area (TPSA) is 38.1 Å². The van der Waals surface area contributed by atoms with Gasteiger partial charge >= 0.3 is 0 Å². The van der Waals surface area contributed by atoms with Crippen molar-refractivity contribution in [1.29, 1.82) is 0 Å². The molecule has 15 heavy (non-hydrogen) atoms. The number of benzene rings is 1. The first kappa shape index (κ1) is 8.77. The zero-order valence-corrected chi connectivity index (χ0v) is 8.56. The van der Waals surface area contributed by atoms with Gasteiger partial charge in [0, 0.05) is 6.04 Å². The molecule has 3 rings (SSSR count). The molecule has 1 aromatic carbocycles. The molecule has 2 aromatic rings. The van der Waals surface area contributed by atoms with Gasteiger partial charge in [0.15, 0.2) is 0 Å². The summed E-state index contributed by atoms with van der Waals surface area (Å²) in [5.41, 5.74) is 1.95. The lowest BCUT2D eigenvalue weighted by Crippen LogP contribution is -2.03. The van der Waals surface area contributed by atoms with Gasteiger partial charge in [-0.3, -0.25) is 4.57 Å². The van der Waals surface area contributed by atoms with Gasteiger partial charge in [0.1, 0.15) is 0 Å². The summed E-state index contributed by atoms with van der Waals surface area (Å²) in [6.07, 6.45) is 4.84. The molecule has 0 unspecified atom stereocenters. The summed E-state index contributed by atoms with van der Waals surface area (Å²) < 4.78 is 1.99. The van der Waals surface area contributed by atoms with Gasteiger partial charge in [-0.05, 0) is 25.0 Å². The highest BCUT2D eigenvalue weighted by Gasteiger charge is 2.21. The van der Waals surface area contributed by atoms with Crippen molar-refractivity contribution in [1.82, 2.24) is 9.55 Å². The van der Waals surface area contributed by atoms with E-state index in [1.165, 1.54) is 12.8 Å². The van der Waals surface area contributed by atoms with Gasteiger partial charge in [0.2, 0.25) is 0 Å². The van der Waals surface area contributed by atoms with E-state index in [1.807, 2.05) is 28.8 Å². The van der Waals surface area contributed by atoms with Crippen LogP contribution in [-0.4, -0.2) is 14.7 Å². The van der Waals surface area contributed by atoms with Crippen LogP contribution in [0.15, 0.2) is 24.3 Å². The van der Waals surface area contributed by atoms with E-state index in [0.29, 0.717) is 6.04 Å². The van der Waals surface area contributed by atoms with Crippen LogP contribution in [0.4, 0.5) is 0 Å². The number of rotatable bonds is 1. The predicted octanol–water partition coefficient (Wildman–Crippen LogP) is 2.86. The minimum Gasteiger partial charge on any atom is -0.480 e. The lowest BCUT2D eigenvalue weighted by molar-refractivity contribution is 0.373. The van der Waals surface area contributed by atoms with E-state index in [9.17, 15) is 5.11 Å². The molecule has 1 aromatic heterocycles. The molecule has 0 atom stereocenters. The lowest BCUT2D eigenvalue weighted by atomic mass is 10.2. The molecule has 0 amide bonds. The molecular weight excluding hydrogens is 188 g/mol. The fourth-order valence-corrected chi connectivity index (χ4v) is 2.55. The summed E-state index contributed by atoms with van der Waals surface area (Å²) in [7, 11) is 0. The van der Waals surface area contributed by atoms with Gasteiger partial charge in [-0.1, -0.05) is 25.0 Å². The second-order valence-electron chi connectivity index (χ2n) is 4.21. The molecule has 0 bridgehead atoms. The van der Waals surface area contributed by atoms with Crippen LogP contribution in [0.1, 0.15) is 31.7 Å². The second kappa shape index (κ2) is 3.26. The molecule has 1 N–H and O–H groups in total. The molecule has 1 heterocycles. The molecule has 3 heteroatoms. The summed E-state index contributed by atoms with van der Waals surface area (Å²) in [5.74, 6) is 0. The maximum Gasteiger partial charge on any atom is 0.295 e. The van der Waals surface area contributed by atoms with Crippen molar-refractivity contribution >= 4 is 11.0 Å². The van der Waals surface area contributed by atoms with E-state index in [2.05, 4.69) is 4.98 Å². The third-order valence-corrected chi connectivity index (χ3v) is 3.27.